The second-order valence-corrected chi connectivity index (χ2v) is 6.06. The minimum atomic E-state index is 0. The molecule has 0 bridgehead atoms. The van der Waals surface area contributed by atoms with Crippen molar-refractivity contribution in [1.29, 1.82) is 0 Å². The van der Waals surface area contributed by atoms with Crippen LogP contribution in [0, 0.1) is 0 Å². The van der Waals surface area contributed by atoms with Gasteiger partial charge in [-0.05, 0) is 37.1 Å². The van der Waals surface area contributed by atoms with Gasteiger partial charge in [-0.15, -0.1) is 24.8 Å². The first-order valence-corrected chi connectivity index (χ1v) is 8.22. The SMILES string of the molecule is COc1cccc(Nc2ccccc2C(=O)N2CCCC(N)C2)c1.Cl.Cl. The fraction of sp³-hybridized carbons (Fsp3) is 0.316. The van der Waals surface area contributed by atoms with Gasteiger partial charge < -0.3 is 20.7 Å². The quantitative estimate of drug-likeness (QED) is 0.821. The van der Waals surface area contributed by atoms with E-state index in [9.17, 15) is 4.79 Å². The summed E-state index contributed by atoms with van der Waals surface area (Å²) in [7, 11) is 1.64. The van der Waals surface area contributed by atoms with Crippen molar-refractivity contribution >= 4 is 42.1 Å². The number of para-hydroxylation sites is 1. The van der Waals surface area contributed by atoms with Gasteiger partial charge in [-0.3, -0.25) is 4.79 Å². The van der Waals surface area contributed by atoms with Crippen LogP contribution in [0.1, 0.15) is 23.2 Å². The predicted molar refractivity (Wildman–Crippen MR) is 110 cm³/mol. The maximum absolute atomic E-state index is 12.9. The average molecular weight is 398 g/mol. The number of amides is 1. The fourth-order valence-electron chi connectivity index (χ4n) is 3.00. The Hall–Kier alpha value is -1.95. The molecule has 1 aliphatic heterocycles. The fourth-order valence-corrected chi connectivity index (χ4v) is 3.00. The molecule has 3 rings (SSSR count). The summed E-state index contributed by atoms with van der Waals surface area (Å²) in [4.78, 5) is 14.7. The lowest BCUT2D eigenvalue weighted by molar-refractivity contribution is 0.0710. The van der Waals surface area contributed by atoms with Crippen LogP contribution in [-0.4, -0.2) is 37.0 Å². The first kappa shape index (κ1) is 22.1. The lowest BCUT2D eigenvalue weighted by atomic mass is 10.0. The highest BCUT2D eigenvalue weighted by molar-refractivity contribution is 6.00. The summed E-state index contributed by atoms with van der Waals surface area (Å²) >= 11 is 0. The number of piperidine rings is 1. The molecule has 1 amide bonds. The van der Waals surface area contributed by atoms with Crippen molar-refractivity contribution in [3.8, 4) is 5.75 Å². The maximum atomic E-state index is 12.9. The highest BCUT2D eigenvalue weighted by Gasteiger charge is 2.23. The van der Waals surface area contributed by atoms with E-state index in [0.29, 0.717) is 12.1 Å². The molecule has 0 aliphatic carbocycles. The third-order valence-electron chi connectivity index (χ3n) is 4.25. The topological polar surface area (TPSA) is 67.6 Å². The number of methoxy groups -OCH3 is 1. The first-order valence-electron chi connectivity index (χ1n) is 8.22. The second kappa shape index (κ2) is 10.3. The highest BCUT2D eigenvalue weighted by atomic mass is 35.5. The lowest BCUT2D eigenvalue weighted by Gasteiger charge is -2.31. The summed E-state index contributed by atoms with van der Waals surface area (Å²) in [5.41, 5.74) is 8.34. The Bertz CT molecular complexity index is 727. The normalized spacial score (nSPS) is 16.1. The van der Waals surface area contributed by atoms with Gasteiger partial charge >= 0.3 is 0 Å². The number of nitrogens with one attached hydrogen (secondary N) is 1. The summed E-state index contributed by atoms with van der Waals surface area (Å²) in [6.07, 6.45) is 1.94. The summed E-state index contributed by atoms with van der Waals surface area (Å²) in [6.45, 7) is 1.38. The molecular weight excluding hydrogens is 373 g/mol. The second-order valence-electron chi connectivity index (χ2n) is 6.06. The molecule has 142 valence electrons. The number of nitrogens with zero attached hydrogens (tertiary/aromatic N) is 1. The monoisotopic (exact) mass is 397 g/mol. The molecule has 3 N–H and O–H groups in total. The van der Waals surface area contributed by atoms with Crippen LogP contribution in [0.3, 0.4) is 0 Å². The first-order chi connectivity index (χ1) is 11.7. The molecule has 0 radical (unpaired) electrons. The summed E-state index contributed by atoms with van der Waals surface area (Å²) < 4.78 is 5.25. The highest BCUT2D eigenvalue weighted by Crippen LogP contribution is 2.25. The number of nitrogens with two attached hydrogens (primary N) is 1. The molecule has 2 aromatic carbocycles. The summed E-state index contributed by atoms with van der Waals surface area (Å²) in [6, 6.07) is 15.3. The zero-order valence-electron chi connectivity index (χ0n) is 14.7. The zero-order valence-corrected chi connectivity index (χ0v) is 16.3. The molecule has 1 atom stereocenters. The zero-order chi connectivity index (χ0) is 16.9. The van der Waals surface area contributed by atoms with Crippen LogP contribution in [0.5, 0.6) is 5.75 Å². The third kappa shape index (κ3) is 5.27. The standard InChI is InChI=1S/C19H23N3O2.2ClH/c1-24-16-8-4-7-15(12-16)21-18-10-3-2-9-17(18)19(23)22-11-5-6-14(20)13-22;;/h2-4,7-10,12,14,21H,5-6,11,13,20H2,1H3;2*1H. The van der Waals surface area contributed by atoms with Gasteiger partial charge in [0.2, 0.25) is 0 Å². The van der Waals surface area contributed by atoms with Gasteiger partial charge in [0, 0.05) is 30.9 Å². The summed E-state index contributed by atoms with van der Waals surface area (Å²) in [5.74, 6) is 0.793. The third-order valence-corrected chi connectivity index (χ3v) is 4.25. The number of hydrogen-bond acceptors (Lipinski definition) is 4. The van der Waals surface area contributed by atoms with Crippen molar-refractivity contribution in [2.24, 2.45) is 5.73 Å². The predicted octanol–water partition coefficient (Wildman–Crippen LogP) is 3.85. The van der Waals surface area contributed by atoms with E-state index in [1.54, 1.807) is 7.11 Å². The maximum Gasteiger partial charge on any atom is 0.256 e. The van der Waals surface area contributed by atoms with E-state index in [2.05, 4.69) is 5.32 Å². The average Bonchev–Trinajstić information content (AvgIpc) is 2.62. The number of carbonyl (C=O) groups is 1. The number of ether oxygens (including phenoxy) is 1. The molecule has 0 aromatic heterocycles. The van der Waals surface area contributed by atoms with E-state index in [1.807, 2.05) is 53.4 Å². The lowest BCUT2D eigenvalue weighted by Crippen LogP contribution is -2.45. The van der Waals surface area contributed by atoms with E-state index >= 15 is 0 Å². The van der Waals surface area contributed by atoms with Gasteiger partial charge in [-0.25, -0.2) is 0 Å². The molecule has 1 unspecified atom stereocenters. The van der Waals surface area contributed by atoms with E-state index in [0.717, 1.165) is 36.5 Å². The van der Waals surface area contributed by atoms with Crippen molar-refractivity contribution in [3.63, 3.8) is 0 Å². The van der Waals surface area contributed by atoms with Gasteiger partial charge in [0.1, 0.15) is 5.75 Å². The van der Waals surface area contributed by atoms with Gasteiger partial charge in [0.15, 0.2) is 0 Å². The molecule has 2 aromatic rings. The molecule has 0 saturated carbocycles. The van der Waals surface area contributed by atoms with Crippen molar-refractivity contribution in [1.82, 2.24) is 4.90 Å². The van der Waals surface area contributed by atoms with Crippen molar-refractivity contribution in [2.45, 2.75) is 18.9 Å². The Balaban J connectivity index is 0.00000169. The Morgan fingerprint density at radius 1 is 1.19 bits per heavy atom. The van der Waals surface area contributed by atoms with Crippen LogP contribution in [-0.2, 0) is 0 Å². The van der Waals surface area contributed by atoms with Gasteiger partial charge in [0.05, 0.1) is 18.4 Å². The smallest absolute Gasteiger partial charge is 0.256 e. The van der Waals surface area contributed by atoms with Crippen molar-refractivity contribution < 1.29 is 9.53 Å². The molecule has 1 aliphatic rings. The molecule has 5 nitrogen and oxygen atoms in total. The molecule has 1 saturated heterocycles. The Morgan fingerprint density at radius 3 is 2.69 bits per heavy atom. The van der Waals surface area contributed by atoms with E-state index < -0.39 is 0 Å². The van der Waals surface area contributed by atoms with Gasteiger partial charge in [-0.2, -0.15) is 0 Å². The van der Waals surface area contributed by atoms with Crippen LogP contribution in [0.15, 0.2) is 48.5 Å². The molecule has 26 heavy (non-hydrogen) atoms. The Kier molecular flexibility index (Phi) is 8.72. The Labute approximate surface area is 166 Å². The van der Waals surface area contributed by atoms with Gasteiger partial charge in [0.25, 0.3) is 5.91 Å². The number of likely N-dealkylation sites (tertiary alicyclic amines) is 1. The number of hydrogen-bond donors (Lipinski definition) is 2. The minimum absolute atomic E-state index is 0. The number of benzene rings is 2. The Morgan fingerprint density at radius 2 is 1.96 bits per heavy atom. The van der Waals surface area contributed by atoms with Crippen LogP contribution < -0.4 is 15.8 Å². The largest absolute Gasteiger partial charge is 0.497 e. The van der Waals surface area contributed by atoms with Crippen LogP contribution in [0.2, 0.25) is 0 Å². The minimum Gasteiger partial charge on any atom is -0.497 e. The molecule has 7 heteroatoms. The number of halogens is 2. The number of anilines is 2. The molecule has 1 heterocycles. The van der Waals surface area contributed by atoms with Crippen LogP contribution in [0.4, 0.5) is 11.4 Å². The van der Waals surface area contributed by atoms with E-state index in [-0.39, 0.29) is 36.8 Å². The summed E-state index contributed by atoms with van der Waals surface area (Å²) in [5, 5.41) is 3.32. The van der Waals surface area contributed by atoms with Crippen LogP contribution in [0.25, 0.3) is 0 Å². The van der Waals surface area contributed by atoms with Crippen molar-refractivity contribution in [3.05, 3.63) is 54.1 Å². The molecular formula is C19H25Cl2N3O2. The van der Waals surface area contributed by atoms with Crippen LogP contribution >= 0.6 is 24.8 Å². The molecule has 0 spiro atoms. The number of rotatable bonds is 4. The van der Waals surface area contributed by atoms with E-state index in [4.69, 9.17) is 10.5 Å². The van der Waals surface area contributed by atoms with Gasteiger partial charge in [-0.1, -0.05) is 18.2 Å². The number of carbonyl (C=O) groups excluding carboxylic acids is 1. The molecule has 1 fully saturated rings. The van der Waals surface area contributed by atoms with E-state index in [1.165, 1.54) is 0 Å². The van der Waals surface area contributed by atoms with Crippen molar-refractivity contribution in [2.75, 3.05) is 25.5 Å².